The molecule has 0 atom stereocenters. The number of aromatic nitrogens is 5. The summed E-state index contributed by atoms with van der Waals surface area (Å²) in [4.78, 5) is 4.41. The molecule has 0 aliphatic heterocycles. The molecular formula is C20H28N6O2S. The van der Waals surface area contributed by atoms with Crippen molar-refractivity contribution < 1.29 is 9.26 Å². The summed E-state index contributed by atoms with van der Waals surface area (Å²) in [5, 5.41) is 12.8. The third-order valence-electron chi connectivity index (χ3n) is 4.29. The van der Waals surface area contributed by atoms with Crippen LogP contribution in [0.15, 0.2) is 33.9 Å². The second-order valence-corrected chi connectivity index (χ2v) is 9.82. The van der Waals surface area contributed by atoms with Crippen molar-refractivity contribution in [3.8, 4) is 5.75 Å². The van der Waals surface area contributed by atoms with E-state index in [4.69, 9.17) is 15.1 Å². The quantitative estimate of drug-likeness (QED) is 0.477. The smallest absolute Gasteiger partial charge is 0.237 e. The fourth-order valence-electron chi connectivity index (χ4n) is 2.45. The number of hydrogen-bond donors (Lipinski definition) is 1. The van der Waals surface area contributed by atoms with Crippen LogP contribution in [0.25, 0.3) is 0 Å². The minimum Gasteiger partial charge on any atom is -0.486 e. The van der Waals surface area contributed by atoms with E-state index in [-0.39, 0.29) is 17.4 Å². The first-order chi connectivity index (χ1) is 13.5. The van der Waals surface area contributed by atoms with Crippen molar-refractivity contribution in [3.05, 3.63) is 47.4 Å². The Kier molecular flexibility index (Phi) is 5.88. The van der Waals surface area contributed by atoms with Gasteiger partial charge in [0, 0.05) is 5.41 Å². The fraction of sp³-hybridized carbons (Fsp3) is 0.500. The van der Waals surface area contributed by atoms with Gasteiger partial charge in [-0.15, -0.1) is 10.2 Å². The average Bonchev–Trinajstić information content (AvgIpc) is 3.25. The van der Waals surface area contributed by atoms with E-state index in [0.29, 0.717) is 28.4 Å². The monoisotopic (exact) mass is 416 g/mol. The second-order valence-electron chi connectivity index (χ2n) is 8.88. The molecule has 0 saturated carbocycles. The molecule has 2 heterocycles. The van der Waals surface area contributed by atoms with Gasteiger partial charge in [-0.1, -0.05) is 70.6 Å². The van der Waals surface area contributed by atoms with Gasteiger partial charge in [0.15, 0.2) is 11.6 Å². The molecule has 0 radical (unpaired) electrons. The number of nitrogen functional groups attached to an aromatic ring is 1. The Morgan fingerprint density at radius 3 is 2.31 bits per heavy atom. The van der Waals surface area contributed by atoms with Crippen LogP contribution in [0.3, 0.4) is 0 Å². The molecule has 0 spiro atoms. The summed E-state index contributed by atoms with van der Waals surface area (Å²) in [6, 6.07) is 8.05. The number of nitrogens with two attached hydrogens (primary N) is 1. The summed E-state index contributed by atoms with van der Waals surface area (Å²) >= 11 is 1.38. The summed E-state index contributed by atoms with van der Waals surface area (Å²) in [6.07, 6.45) is 0. The zero-order chi connectivity index (χ0) is 21.2. The number of rotatable bonds is 6. The molecular weight excluding hydrogens is 388 g/mol. The van der Waals surface area contributed by atoms with E-state index in [9.17, 15) is 0 Å². The first-order valence-electron chi connectivity index (χ1n) is 9.42. The zero-order valence-electron chi connectivity index (χ0n) is 17.8. The molecule has 0 aliphatic carbocycles. The normalized spacial score (nSPS) is 12.3. The van der Waals surface area contributed by atoms with Crippen molar-refractivity contribution in [2.45, 2.75) is 69.9 Å². The summed E-state index contributed by atoms with van der Waals surface area (Å²) in [5.74, 6) is 9.08. The molecule has 2 N–H and O–H groups in total. The van der Waals surface area contributed by atoms with Crippen LogP contribution in [0.2, 0.25) is 0 Å². The highest BCUT2D eigenvalue weighted by Crippen LogP contribution is 2.25. The van der Waals surface area contributed by atoms with Gasteiger partial charge in [-0.3, -0.25) is 0 Å². The van der Waals surface area contributed by atoms with E-state index in [1.54, 1.807) is 0 Å². The van der Waals surface area contributed by atoms with Gasteiger partial charge in [-0.2, -0.15) is 4.98 Å². The Morgan fingerprint density at radius 1 is 1.03 bits per heavy atom. The predicted octanol–water partition coefficient (Wildman–Crippen LogP) is 3.84. The zero-order valence-corrected chi connectivity index (χ0v) is 18.6. The standard InChI is InChI=1S/C20H28N6O2S/c1-19(2,3)13-7-9-14(10-8-13)27-11-15-23-24-18(26(15)21)29-12-16-22-17(25-28-16)20(4,5)6/h7-10H,11-12,21H2,1-6H3. The first kappa shape index (κ1) is 21.2. The van der Waals surface area contributed by atoms with Crippen LogP contribution in [0.5, 0.6) is 5.75 Å². The molecule has 2 aromatic heterocycles. The van der Waals surface area contributed by atoms with Crippen molar-refractivity contribution in [1.29, 1.82) is 0 Å². The highest BCUT2D eigenvalue weighted by atomic mass is 32.2. The third kappa shape index (κ3) is 5.29. The highest BCUT2D eigenvalue weighted by Gasteiger charge is 2.21. The van der Waals surface area contributed by atoms with Crippen molar-refractivity contribution >= 4 is 11.8 Å². The van der Waals surface area contributed by atoms with E-state index < -0.39 is 0 Å². The fourth-order valence-corrected chi connectivity index (χ4v) is 3.16. The Hall–Kier alpha value is -2.55. The molecule has 3 aromatic rings. The maximum atomic E-state index is 6.11. The van der Waals surface area contributed by atoms with Gasteiger partial charge in [0.25, 0.3) is 0 Å². The largest absolute Gasteiger partial charge is 0.486 e. The molecule has 0 aliphatic rings. The average molecular weight is 417 g/mol. The molecule has 0 unspecified atom stereocenters. The van der Waals surface area contributed by atoms with E-state index in [2.05, 4.69) is 53.2 Å². The number of thioether (sulfide) groups is 1. The van der Waals surface area contributed by atoms with Gasteiger partial charge in [-0.25, -0.2) is 4.68 Å². The van der Waals surface area contributed by atoms with Crippen LogP contribution in [0.1, 0.15) is 64.6 Å². The van der Waals surface area contributed by atoms with Gasteiger partial charge in [-0.05, 0) is 23.1 Å². The van der Waals surface area contributed by atoms with E-state index in [0.717, 1.165) is 5.75 Å². The third-order valence-corrected chi connectivity index (χ3v) is 5.21. The topological polar surface area (TPSA) is 105 Å². The molecule has 0 bridgehead atoms. The number of hydrogen-bond acceptors (Lipinski definition) is 8. The lowest BCUT2D eigenvalue weighted by atomic mass is 9.87. The maximum absolute atomic E-state index is 6.11. The molecule has 1 aromatic carbocycles. The SMILES string of the molecule is CC(C)(C)c1ccc(OCc2nnc(SCc3nc(C(C)(C)C)no3)n2N)cc1. The van der Waals surface area contributed by atoms with Crippen LogP contribution in [0, 0.1) is 0 Å². The molecule has 29 heavy (non-hydrogen) atoms. The van der Waals surface area contributed by atoms with Gasteiger partial charge in [0.05, 0.1) is 5.75 Å². The van der Waals surface area contributed by atoms with Crippen LogP contribution < -0.4 is 10.6 Å². The van der Waals surface area contributed by atoms with E-state index in [1.165, 1.54) is 22.0 Å². The van der Waals surface area contributed by atoms with Gasteiger partial charge < -0.3 is 15.1 Å². The second kappa shape index (κ2) is 8.06. The summed E-state index contributed by atoms with van der Waals surface area (Å²) in [5.41, 5.74) is 1.20. The van der Waals surface area contributed by atoms with Gasteiger partial charge >= 0.3 is 0 Å². The van der Waals surface area contributed by atoms with Crippen LogP contribution in [-0.4, -0.2) is 25.0 Å². The molecule has 0 fully saturated rings. The van der Waals surface area contributed by atoms with Crippen LogP contribution >= 0.6 is 11.8 Å². The lowest BCUT2D eigenvalue weighted by Crippen LogP contribution is -2.16. The lowest BCUT2D eigenvalue weighted by Gasteiger charge is -2.19. The summed E-state index contributed by atoms with van der Waals surface area (Å²) in [6.45, 7) is 12.9. The molecule has 0 amide bonds. The minimum absolute atomic E-state index is 0.105. The van der Waals surface area contributed by atoms with E-state index in [1.807, 2.05) is 32.9 Å². The lowest BCUT2D eigenvalue weighted by molar-refractivity contribution is 0.291. The molecule has 156 valence electrons. The first-order valence-corrected chi connectivity index (χ1v) is 10.4. The van der Waals surface area contributed by atoms with Gasteiger partial charge in [0.2, 0.25) is 11.0 Å². The predicted molar refractivity (Wildman–Crippen MR) is 112 cm³/mol. The molecule has 3 rings (SSSR count). The number of benzene rings is 1. The Labute approximate surface area is 175 Å². The summed E-state index contributed by atoms with van der Waals surface area (Å²) in [7, 11) is 0. The number of nitrogens with zero attached hydrogens (tertiary/aromatic N) is 5. The van der Waals surface area contributed by atoms with Crippen molar-refractivity contribution in [2.75, 3.05) is 5.84 Å². The maximum Gasteiger partial charge on any atom is 0.237 e. The molecule has 0 saturated heterocycles. The molecule has 9 heteroatoms. The van der Waals surface area contributed by atoms with Crippen LogP contribution in [0.4, 0.5) is 0 Å². The van der Waals surface area contributed by atoms with E-state index >= 15 is 0 Å². The van der Waals surface area contributed by atoms with Crippen molar-refractivity contribution in [2.24, 2.45) is 0 Å². The van der Waals surface area contributed by atoms with Gasteiger partial charge in [0.1, 0.15) is 12.4 Å². The van der Waals surface area contributed by atoms with Crippen molar-refractivity contribution in [1.82, 2.24) is 25.0 Å². The van der Waals surface area contributed by atoms with Crippen molar-refractivity contribution in [3.63, 3.8) is 0 Å². The number of ether oxygens (including phenoxy) is 1. The highest BCUT2D eigenvalue weighted by molar-refractivity contribution is 7.98. The minimum atomic E-state index is -0.157. The Balaban J connectivity index is 1.57. The summed E-state index contributed by atoms with van der Waals surface area (Å²) < 4.78 is 12.5. The Bertz CT molecular complexity index is 951. The Morgan fingerprint density at radius 2 is 1.72 bits per heavy atom. The van der Waals surface area contributed by atoms with Crippen LogP contribution in [-0.2, 0) is 23.2 Å². The molecule has 8 nitrogen and oxygen atoms in total.